The molecule has 6 nitrogen and oxygen atoms in total. The van der Waals surface area contributed by atoms with Crippen molar-refractivity contribution < 1.29 is 9.53 Å². The van der Waals surface area contributed by atoms with Gasteiger partial charge in [0.15, 0.2) is 5.16 Å². The Kier molecular flexibility index (Phi) is 5.21. The van der Waals surface area contributed by atoms with Gasteiger partial charge in [-0.05, 0) is 18.1 Å². The second kappa shape index (κ2) is 7.12. The molecule has 1 aromatic heterocycles. The number of hydrogen-bond acceptors (Lipinski definition) is 5. The zero-order chi connectivity index (χ0) is 15.2. The van der Waals surface area contributed by atoms with E-state index in [2.05, 4.69) is 10.2 Å². The Morgan fingerprint density at radius 2 is 2.10 bits per heavy atom. The summed E-state index contributed by atoms with van der Waals surface area (Å²) < 4.78 is 6.28. The molecule has 0 unspecified atom stereocenters. The van der Waals surface area contributed by atoms with Crippen LogP contribution < -0.4 is 5.69 Å². The Labute approximate surface area is 126 Å². The van der Waals surface area contributed by atoms with Crippen molar-refractivity contribution in [2.75, 3.05) is 7.11 Å². The van der Waals surface area contributed by atoms with Gasteiger partial charge in [-0.1, -0.05) is 36.0 Å². The number of H-pyrrole nitrogens is 1. The van der Waals surface area contributed by atoms with Crippen molar-refractivity contribution in [2.45, 2.75) is 30.8 Å². The first-order valence-electron chi connectivity index (χ1n) is 6.57. The van der Waals surface area contributed by atoms with Gasteiger partial charge in [-0.3, -0.25) is 9.36 Å². The zero-order valence-electron chi connectivity index (χ0n) is 12.0. The van der Waals surface area contributed by atoms with Gasteiger partial charge in [-0.2, -0.15) is 0 Å². The van der Waals surface area contributed by atoms with Crippen molar-refractivity contribution in [3.63, 3.8) is 0 Å². The van der Waals surface area contributed by atoms with Crippen LogP contribution in [0.1, 0.15) is 18.1 Å². The molecule has 0 atom stereocenters. The minimum atomic E-state index is -0.266. The molecule has 0 saturated carbocycles. The number of methoxy groups -OCH3 is 1. The normalized spacial score (nSPS) is 10.6. The third-order valence-corrected chi connectivity index (χ3v) is 4.10. The number of thioether (sulfide) groups is 1. The lowest BCUT2D eigenvalue weighted by molar-refractivity contribution is -0.139. The van der Waals surface area contributed by atoms with Gasteiger partial charge in [0, 0.05) is 12.3 Å². The largest absolute Gasteiger partial charge is 0.469 e. The van der Waals surface area contributed by atoms with E-state index in [0.29, 0.717) is 17.5 Å². The first kappa shape index (κ1) is 15.4. The molecule has 0 aliphatic carbocycles. The third kappa shape index (κ3) is 3.75. The van der Waals surface area contributed by atoms with Gasteiger partial charge < -0.3 is 4.74 Å². The number of nitrogens with one attached hydrogen (secondary N) is 1. The molecule has 112 valence electrons. The number of ether oxygens (including phenoxy) is 1. The standard InChI is InChI=1S/C14H17N3O3S/c1-3-17-13(19)15-16-14(17)21-9-11-7-5-4-6-10(11)8-12(18)20-2/h4-7H,3,8-9H2,1-2H3,(H,15,19). The van der Waals surface area contributed by atoms with Gasteiger partial charge in [0.05, 0.1) is 13.5 Å². The highest BCUT2D eigenvalue weighted by Gasteiger charge is 2.11. The lowest BCUT2D eigenvalue weighted by Crippen LogP contribution is -2.16. The first-order chi connectivity index (χ1) is 10.2. The fraction of sp³-hybridized carbons (Fsp3) is 0.357. The molecule has 0 radical (unpaired) electrons. The fourth-order valence-electron chi connectivity index (χ4n) is 1.93. The van der Waals surface area contributed by atoms with Crippen LogP contribution in [0.5, 0.6) is 0 Å². The minimum absolute atomic E-state index is 0.206. The van der Waals surface area contributed by atoms with Gasteiger partial charge in [0.2, 0.25) is 0 Å². The molecule has 2 rings (SSSR count). The predicted molar refractivity (Wildman–Crippen MR) is 80.2 cm³/mol. The van der Waals surface area contributed by atoms with Crippen LogP contribution in [-0.4, -0.2) is 27.8 Å². The van der Waals surface area contributed by atoms with E-state index in [4.69, 9.17) is 4.74 Å². The molecule has 1 aromatic carbocycles. The van der Waals surface area contributed by atoms with Crippen molar-refractivity contribution in [1.29, 1.82) is 0 Å². The van der Waals surface area contributed by atoms with Gasteiger partial charge in [0.25, 0.3) is 0 Å². The van der Waals surface area contributed by atoms with E-state index in [0.717, 1.165) is 11.1 Å². The van der Waals surface area contributed by atoms with Crippen LogP contribution in [0.2, 0.25) is 0 Å². The van der Waals surface area contributed by atoms with Crippen LogP contribution in [0.4, 0.5) is 0 Å². The van der Waals surface area contributed by atoms with E-state index in [1.165, 1.54) is 18.9 Å². The second-order valence-corrected chi connectivity index (χ2v) is 5.31. The molecule has 1 N–H and O–H groups in total. The summed E-state index contributed by atoms with van der Waals surface area (Å²) in [5.41, 5.74) is 1.76. The number of benzene rings is 1. The Morgan fingerprint density at radius 3 is 2.76 bits per heavy atom. The number of esters is 1. The summed E-state index contributed by atoms with van der Waals surface area (Å²) in [5, 5.41) is 7.10. The fourth-order valence-corrected chi connectivity index (χ4v) is 2.98. The van der Waals surface area contributed by atoms with Gasteiger partial charge >= 0.3 is 11.7 Å². The number of carbonyl (C=O) groups excluding carboxylic acids is 1. The van der Waals surface area contributed by atoms with Crippen molar-refractivity contribution in [2.24, 2.45) is 0 Å². The number of hydrogen-bond donors (Lipinski definition) is 1. The highest BCUT2D eigenvalue weighted by Crippen LogP contribution is 2.22. The summed E-state index contributed by atoms with van der Waals surface area (Å²) in [4.78, 5) is 22.9. The summed E-state index contributed by atoms with van der Waals surface area (Å²) in [6.45, 7) is 2.47. The van der Waals surface area contributed by atoms with Crippen molar-refractivity contribution in [1.82, 2.24) is 14.8 Å². The van der Waals surface area contributed by atoms with Crippen molar-refractivity contribution >= 4 is 17.7 Å². The summed E-state index contributed by atoms with van der Waals surface area (Å²) in [7, 11) is 1.38. The highest BCUT2D eigenvalue weighted by atomic mass is 32.2. The lowest BCUT2D eigenvalue weighted by atomic mass is 10.1. The molecule has 0 saturated heterocycles. The van der Waals surface area contributed by atoms with E-state index >= 15 is 0 Å². The second-order valence-electron chi connectivity index (χ2n) is 4.37. The maximum absolute atomic E-state index is 11.5. The topological polar surface area (TPSA) is 77.0 Å². The molecule has 7 heteroatoms. The van der Waals surface area contributed by atoms with Crippen LogP contribution in [0.3, 0.4) is 0 Å². The highest BCUT2D eigenvalue weighted by molar-refractivity contribution is 7.98. The predicted octanol–water partition coefficient (Wildman–Crippen LogP) is 1.60. The van der Waals surface area contributed by atoms with E-state index in [9.17, 15) is 9.59 Å². The number of aromatic amines is 1. The lowest BCUT2D eigenvalue weighted by Gasteiger charge is -2.08. The van der Waals surface area contributed by atoms with Gasteiger partial charge in [-0.15, -0.1) is 5.10 Å². The van der Waals surface area contributed by atoms with Crippen LogP contribution in [-0.2, 0) is 28.2 Å². The Bertz CT molecular complexity index is 678. The molecular weight excluding hydrogens is 290 g/mol. The van der Waals surface area contributed by atoms with Gasteiger partial charge in [-0.25, -0.2) is 9.89 Å². The molecule has 1 heterocycles. The van der Waals surface area contributed by atoms with Crippen LogP contribution in [0.25, 0.3) is 0 Å². The first-order valence-corrected chi connectivity index (χ1v) is 7.55. The number of nitrogens with zero attached hydrogens (tertiary/aromatic N) is 2. The molecule has 0 amide bonds. The van der Waals surface area contributed by atoms with E-state index in [1.54, 1.807) is 4.57 Å². The summed E-state index contributed by atoms with van der Waals surface area (Å²) in [6.07, 6.45) is 0.244. The molecular formula is C14H17N3O3S. The molecule has 0 bridgehead atoms. The smallest absolute Gasteiger partial charge is 0.343 e. The van der Waals surface area contributed by atoms with Crippen LogP contribution in [0.15, 0.2) is 34.2 Å². The Balaban J connectivity index is 2.13. The molecule has 2 aromatic rings. The molecule has 0 spiro atoms. The van der Waals surface area contributed by atoms with Crippen molar-refractivity contribution in [3.8, 4) is 0 Å². The van der Waals surface area contributed by atoms with Crippen molar-refractivity contribution in [3.05, 3.63) is 45.9 Å². The summed E-state index contributed by atoms with van der Waals surface area (Å²) in [5.74, 6) is 0.370. The SMILES string of the molecule is CCn1c(SCc2ccccc2CC(=O)OC)n[nH]c1=O. The summed E-state index contributed by atoms with van der Waals surface area (Å²) in [6, 6.07) is 7.69. The Hall–Kier alpha value is -2.02. The monoisotopic (exact) mass is 307 g/mol. The average Bonchev–Trinajstić information content (AvgIpc) is 2.86. The average molecular weight is 307 g/mol. The summed E-state index contributed by atoms with van der Waals surface area (Å²) >= 11 is 1.46. The van der Waals surface area contributed by atoms with E-state index in [1.807, 2.05) is 31.2 Å². The number of carbonyl (C=O) groups is 1. The van der Waals surface area contributed by atoms with Crippen LogP contribution >= 0.6 is 11.8 Å². The number of rotatable bonds is 6. The minimum Gasteiger partial charge on any atom is -0.469 e. The Morgan fingerprint density at radius 1 is 1.38 bits per heavy atom. The molecule has 0 aliphatic heterocycles. The molecule has 0 aliphatic rings. The molecule has 0 fully saturated rings. The number of aromatic nitrogens is 3. The quantitative estimate of drug-likeness (QED) is 0.648. The van der Waals surface area contributed by atoms with E-state index in [-0.39, 0.29) is 18.1 Å². The molecule has 21 heavy (non-hydrogen) atoms. The van der Waals surface area contributed by atoms with E-state index < -0.39 is 0 Å². The van der Waals surface area contributed by atoms with Crippen LogP contribution in [0, 0.1) is 0 Å². The van der Waals surface area contributed by atoms with Gasteiger partial charge in [0.1, 0.15) is 0 Å². The maximum Gasteiger partial charge on any atom is 0.343 e. The maximum atomic E-state index is 11.5. The zero-order valence-corrected chi connectivity index (χ0v) is 12.8. The third-order valence-electron chi connectivity index (χ3n) is 3.08.